The summed E-state index contributed by atoms with van der Waals surface area (Å²) in [4.78, 5) is 4.82. The number of anilines is 6. The molecule has 0 N–H and O–H groups in total. The average molecular weight is 1090 g/mol. The standard InChI is InChI=1S/C81H54N2O2/c1-81-49-17-16-24-59(81)38-48-74-79(81)77-69-30-15-14-29-68(69)71(51-75(77)84-74)82(60-39-31-54(32-40-60)52-18-4-2-5-19-52)61-43-35-57(36-44-61)63-45-46-70(67-28-13-12-27-66(63)67)83(62-41-33-55(34-42-62)53-20-6-3-7-21-53)72-50-58-23-9-11-26-65(58)78-76-64-25-10-8-22-56(64)37-47-73(76)85-80(72)78/h2-51,59H,1H3. The zero-order valence-corrected chi connectivity index (χ0v) is 46.7. The number of nitrogens with zero attached hydrogens (tertiary/aromatic N) is 2. The number of allylic oxidation sites excluding steroid dienone is 5. The lowest BCUT2D eigenvalue weighted by atomic mass is 9.66. The van der Waals surface area contributed by atoms with Gasteiger partial charge in [0, 0.05) is 67.0 Å². The molecule has 4 heteroatoms. The minimum Gasteiger partial charge on any atom is -0.456 e. The van der Waals surface area contributed by atoms with Gasteiger partial charge in [-0.05, 0) is 126 Å². The minimum atomic E-state index is -0.237. The second-order valence-corrected chi connectivity index (χ2v) is 22.9. The van der Waals surface area contributed by atoms with Crippen molar-refractivity contribution in [3.05, 3.63) is 309 Å². The van der Waals surface area contributed by atoms with E-state index >= 15 is 0 Å². The van der Waals surface area contributed by atoms with E-state index in [4.69, 9.17) is 8.83 Å². The number of fused-ring (bicyclic) bond motifs is 15. The van der Waals surface area contributed by atoms with E-state index in [9.17, 15) is 0 Å². The van der Waals surface area contributed by atoms with Crippen LogP contribution in [-0.4, -0.2) is 0 Å². The first-order valence-electron chi connectivity index (χ1n) is 29.3. The van der Waals surface area contributed by atoms with Gasteiger partial charge in [-0.1, -0.05) is 244 Å². The Kier molecular flexibility index (Phi) is 11.1. The molecule has 0 radical (unpaired) electrons. The maximum Gasteiger partial charge on any atom is 0.160 e. The smallest absolute Gasteiger partial charge is 0.160 e. The van der Waals surface area contributed by atoms with Crippen molar-refractivity contribution >= 4 is 116 Å². The van der Waals surface area contributed by atoms with Crippen LogP contribution in [0.15, 0.2) is 306 Å². The molecule has 0 fully saturated rings. The third kappa shape index (κ3) is 7.76. The zero-order valence-electron chi connectivity index (χ0n) is 46.7. The Bertz CT molecular complexity index is 5240. The molecule has 2 heterocycles. The molecule has 17 rings (SSSR count). The van der Waals surface area contributed by atoms with Crippen LogP contribution >= 0.6 is 0 Å². The highest BCUT2D eigenvalue weighted by Crippen LogP contribution is 2.53. The van der Waals surface area contributed by atoms with Crippen LogP contribution < -0.4 is 9.80 Å². The van der Waals surface area contributed by atoms with Crippen molar-refractivity contribution in [2.45, 2.75) is 12.3 Å². The fourth-order valence-electron chi connectivity index (χ4n) is 14.0. The van der Waals surface area contributed by atoms with Crippen LogP contribution in [0.2, 0.25) is 0 Å². The molecule has 0 spiro atoms. The highest BCUT2D eigenvalue weighted by Gasteiger charge is 2.40. The van der Waals surface area contributed by atoms with Crippen molar-refractivity contribution in [1.29, 1.82) is 0 Å². The van der Waals surface area contributed by atoms with E-state index in [0.29, 0.717) is 0 Å². The number of rotatable bonds is 9. The van der Waals surface area contributed by atoms with E-state index in [1.807, 2.05) is 0 Å². The fourth-order valence-corrected chi connectivity index (χ4v) is 14.0. The number of furan rings is 2. The van der Waals surface area contributed by atoms with E-state index in [1.54, 1.807) is 0 Å². The summed E-state index contributed by atoms with van der Waals surface area (Å²) in [5, 5.41) is 12.7. The monoisotopic (exact) mass is 1090 g/mol. The maximum absolute atomic E-state index is 7.17. The van der Waals surface area contributed by atoms with E-state index in [0.717, 1.165) is 117 Å². The van der Waals surface area contributed by atoms with Crippen LogP contribution in [0.3, 0.4) is 0 Å². The summed E-state index contributed by atoms with van der Waals surface area (Å²) in [5.41, 5.74) is 16.7. The van der Waals surface area contributed by atoms with Crippen molar-refractivity contribution in [1.82, 2.24) is 0 Å². The van der Waals surface area contributed by atoms with Gasteiger partial charge in [-0.25, -0.2) is 0 Å². The molecule has 85 heavy (non-hydrogen) atoms. The predicted octanol–water partition coefficient (Wildman–Crippen LogP) is 22.9. The van der Waals surface area contributed by atoms with Gasteiger partial charge < -0.3 is 18.6 Å². The average Bonchev–Trinajstić information content (AvgIpc) is 2.60. The van der Waals surface area contributed by atoms with Crippen LogP contribution in [0, 0.1) is 5.92 Å². The Morgan fingerprint density at radius 2 is 0.894 bits per heavy atom. The molecule has 0 bridgehead atoms. The van der Waals surface area contributed by atoms with Crippen molar-refractivity contribution in [3.63, 3.8) is 0 Å². The predicted molar refractivity (Wildman–Crippen MR) is 357 cm³/mol. The van der Waals surface area contributed by atoms with Crippen LogP contribution in [0.5, 0.6) is 0 Å². The van der Waals surface area contributed by atoms with E-state index in [-0.39, 0.29) is 11.3 Å². The Labute approximate surface area is 492 Å². The molecular formula is C81H54N2O2. The van der Waals surface area contributed by atoms with Crippen LogP contribution in [0.1, 0.15) is 18.2 Å². The van der Waals surface area contributed by atoms with Crippen LogP contribution in [0.4, 0.5) is 34.1 Å². The van der Waals surface area contributed by atoms with E-state index < -0.39 is 0 Å². The lowest BCUT2D eigenvalue weighted by Crippen LogP contribution is -2.31. The van der Waals surface area contributed by atoms with Gasteiger partial charge in [-0.3, -0.25) is 0 Å². The SMILES string of the molecule is CC12C=CC=CC1C=Cc1oc3cc(N(c4ccc(-c5ccccc5)cc4)c4ccc(-c5ccc(N(c6ccc(-c7ccccc7)cc6)c6cc7ccccc7c7c6oc6ccc8ccccc8c67)c6ccccc56)cc4)c4ccccc4c3c12. The first kappa shape index (κ1) is 48.7. The number of benzene rings is 13. The molecule has 15 aromatic rings. The lowest BCUT2D eigenvalue weighted by Gasteiger charge is -2.36. The van der Waals surface area contributed by atoms with Crippen molar-refractivity contribution < 1.29 is 8.83 Å². The molecular weight excluding hydrogens is 1030 g/mol. The van der Waals surface area contributed by atoms with Gasteiger partial charge in [0.25, 0.3) is 0 Å². The molecule has 2 aliphatic carbocycles. The van der Waals surface area contributed by atoms with Gasteiger partial charge in [0.05, 0.1) is 17.1 Å². The summed E-state index contributed by atoms with van der Waals surface area (Å²) in [7, 11) is 0. The summed E-state index contributed by atoms with van der Waals surface area (Å²) in [6, 6.07) is 96.9. The molecule has 0 saturated carbocycles. The Morgan fingerprint density at radius 1 is 0.353 bits per heavy atom. The fraction of sp³-hybridized carbons (Fsp3) is 0.0370. The third-order valence-electron chi connectivity index (χ3n) is 18.1. The Morgan fingerprint density at radius 3 is 1.56 bits per heavy atom. The van der Waals surface area contributed by atoms with Crippen LogP contribution in [-0.2, 0) is 5.41 Å². The number of hydrogen-bond donors (Lipinski definition) is 0. The summed E-state index contributed by atoms with van der Waals surface area (Å²) in [6.07, 6.45) is 13.5. The van der Waals surface area contributed by atoms with Gasteiger partial charge in [0.15, 0.2) is 5.58 Å². The molecule has 4 nitrogen and oxygen atoms in total. The number of hydrogen-bond acceptors (Lipinski definition) is 4. The van der Waals surface area contributed by atoms with Gasteiger partial charge in [0.2, 0.25) is 0 Å². The molecule has 400 valence electrons. The lowest BCUT2D eigenvalue weighted by molar-refractivity contribution is 0.477. The highest BCUT2D eigenvalue weighted by atomic mass is 16.3. The van der Waals surface area contributed by atoms with Gasteiger partial charge in [0.1, 0.15) is 16.9 Å². The molecule has 2 aromatic heterocycles. The topological polar surface area (TPSA) is 32.8 Å². The minimum absolute atomic E-state index is 0.237. The van der Waals surface area contributed by atoms with Gasteiger partial charge >= 0.3 is 0 Å². The van der Waals surface area contributed by atoms with Crippen molar-refractivity contribution in [2.75, 3.05) is 9.80 Å². The molecule has 2 atom stereocenters. The first-order chi connectivity index (χ1) is 42.0. The van der Waals surface area contributed by atoms with Gasteiger partial charge in [-0.2, -0.15) is 0 Å². The molecule has 2 unspecified atom stereocenters. The van der Waals surface area contributed by atoms with E-state index in [1.165, 1.54) is 38.2 Å². The second-order valence-electron chi connectivity index (χ2n) is 22.9. The molecule has 0 saturated heterocycles. The molecule has 2 aliphatic rings. The summed E-state index contributed by atoms with van der Waals surface area (Å²) >= 11 is 0. The first-order valence-corrected chi connectivity index (χ1v) is 29.3. The van der Waals surface area contributed by atoms with Crippen molar-refractivity contribution in [2.24, 2.45) is 5.92 Å². The van der Waals surface area contributed by atoms with Crippen molar-refractivity contribution in [3.8, 4) is 33.4 Å². The Balaban J connectivity index is 0.832. The Hall–Kier alpha value is -10.9. The normalized spacial score (nSPS) is 15.4. The zero-order chi connectivity index (χ0) is 56.2. The molecule has 0 amide bonds. The second kappa shape index (κ2) is 19.3. The summed E-state index contributed by atoms with van der Waals surface area (Å²) in [5.74, 6) is 1.17. The molecule has 13 aromatic carbocycles. The summed E-state index contributed by atoms with van der Waals surface area (Å²) < 4.78 is 14.1. The summed E-state index contributed by atoms with van der Waals surface area (Å²) in [6.45, 7) is 2.35. The molecule has 0 aliphatic heterocycles. The highest BCUT2D eigenvalue weighted by molar-refractivity contribution is 6.29. The quantitative estimate of drug-likeness (QED) is 0.144. The largest absolute Gasteiger partial charge is 0.456 e. The van der Waals surface area contributed by atoms with Crippen LogP contribution in [0.25, 0.3) is 115 Å². The third-order valence-corrected chi connectivity index (χ3v) is 18.1. The van der Waals surface area contributed by atoms with Gasteiger partial charge in [-0.15, -0.1) is 0 Å². The van der Waals surface area contributed by atoms with E-state index in [2.05, 4.69) is 320 Å². The maximum atomic E-state index is 7.17.